The van der Waals surface area contributed by atoms with Crippen molar-refractivity contribution in [2.75, 3.05) is 0 Å². The van der Waals surface area contributed by atoms with E-state index in [4.69, 9.17) is 15.0 Å². The minimum atomic E-state index is -0.385. The number of rotatable bonds is 5. The number of benzene rings is 9. The lowest BCUT2D eigenvalue weighted by molar-refractivity contribution is 0.794. The van der Waals surface area contributed by atoms with E-state index >= 15 is 0 Å². The summed E-state index contributed by atoms with van der Waals surface area (Å²) in [5, 5.41) is 2.54. The summed E-state index contributed by atoms with van der Waals surface area (Å²) in [7, 11) is 0. The Balaban J connectivity index is 0.945. The molecule has 0 amide bonds. The van der Waals surface area contributed by atoms with Crippen LogP contribution in [0.15, 0.2) is 212 Å². The van der Waals surface area contributed by atoms with Crippen LogP contribution in [0, 0.1) is 0 Å². The fourth-order valence-electron chi connectivity index (χ4n) is 10.3. The standard InChI is InChI=1S/C58H35N3S/c1-2-15-37(16-3-1)55-59-56(61-57(60-55)45-21-5-4-17-40(45)39-33-34-53-47(35-39)44-20-9-13-28-52(44)62-53)38-31-29-36(30-32-38)41-23-14-27-51-54(41)46-22-8-12-26-50(46)58(51)48-24-10-6-18-42(48)43-19-7-11-25-49(43)58/h1-35H. The predicted octanol–water partition coefficient (Wildman–Crippen LogP) is 14.9. The van der Waals surface area contributed by atoms with Gasteiger partial charge in [-0.05, 0) is 85.0 Å². The van der Waals surface area contributed by atoms with Crippen molar-refractivity contribution in [1.82, 2.24) is 15.0 Å². The summed E-state index contributed by atoms with van der Waals surface area (Å²) in [5.41, 5.74) is 17.6. The number of hydrogen-bond donors (Lipinski definition) is 0. The van der Waals surface area contributed by atoms with Gasteiger partial charge >= 0.3 is 0 Å². The van der Waals surface area contributed by atoms with E-state index < -0.39 is 0 Å². The Morgan fingerprint density at radius 2 is 0.774 bits per heavy atom. The zero-order valence-corrected chi connectivity index (χ0v) is 34.3. The van der Waals surface area contributed by atoms with Gasteiger partial charge in [-0.2, -0.15) is 0 Å². The Bertz CT molecular complexity index is 3540. The molecule has 288 valence electrons. The van der Waals surface area contributed by atoms with Gasteiger partial charge < -0.3 is 0 Å². The van der Waals surface area contributed by atoms with Gasteiger partial charge in [-0.3, -0.25) is 0 Å². The highest BCUT2D eigenvalue weighted by Gasteiger charge is 2.51. The normalized spacial score (nSPS) is 13.0. The van der Waals surface area contributed by atoms with Crippen LogP contribution in [0.5, 0.6) is 0 Å². The van der Waals surface area contributed by atoms with Gasteiger partial charge in [-0.1, -0.05) is 194 Å². The summed E-state index contributed by atoms with van der Waals surface area (Å²) >= 11 is 1.83. The summed E-state index contributed by atoms with van der Waals surface area (Å²) in [4.78, 5) is 15.5. The first-order chi connectivity index (χ1) is 30.7. The first-order valence-corrected chi connectivity index (χ1v) is 21.9. The van der Waals surface area contributed by atoms with Crippen LogP contribution in [0.25, 0.3) is 98.8 Å². The molecule has 2 aliphatic carbocycles. The van der Waals surface area contributed by atoms with Crippen LogP contribution in [0.1, 0.15) is 22.3 Å². The summed E-state index contributed by atoms with van der Waals surface area (Å²) < 4.78 is 2.58. The van der Waals surface area contributed by atoms with Gasteiger partial charge in [0.25, 0.3) is 0 Å². The lowest BCUT2D eigenvalue weighted by Crippen LogP contribution is -2.25. The van der Waals surface area contributed by atoms with Crippen molar-refractivity contribution in [3.63, 3.8) is 0 Å². The molecule has 0 radical (unpaired) electrons. The minimum absolute atomic E-state index is 0.385. The predicted molar refractivity (Wildman–Crippen MR) is 256 cm³/mol. The van der Waals surface area contributed by atoms with Crippen molar-refractivity contribution < 1.29 is 0 Å². The lowest BCUT2D eigenvalue weighted by Gasteiger charge is -2.30. The zero-order valence-electron chi connectivity index (χ0n) is 33.5. The Kier molecular flexibility index (Phi) is 7.69. The molecule has 0 unspecified atom stereocenters. The summed E-state index contributed by atoms with van der Waals surface area (Å²) in [5.74, 6) is 1.92. The topological polar surface area (TPSA) is 38.7 Å². The molecule has 0 bridgehead atoms. The van der Waals surface area contributed by atoms with Crippen molar-refractivity contribution in [3.8, 4) is 78.7 Å². The molecule has 2 aromatic heterocycles. The van der Waals surface area contributed by atoms with Crippen LogP contribution in [0.3, 0.4) is 0 Å². The van der Waals surface area contributed by atoms with Gasteiger partial charge in [0, 0.05) is 36.9 Å². The molecule has 9 aromatic carbocycles. The monoisotopic (exact) mass is 805 g/mol. The molecule has 0 fully saturated rings. The third-order valence-corrected chi connectivity index (χ3v) is 14.2. The molecule has 2 heterocycles. The maximum Gasteiger partial charge on any atom is 0.164 e. The number of nitrogens with zero attached hydrogens (tertiary/aromatic N) is 3. The molecular formula is C58H35N3S. The average molecular weight is 806 g/mol. The fourth-order valence-corrected chi connectivity index (χ4v) is 11.4. The number of hydrogen-bond acceptors (Lipinski definition) is 4. The summed E-state index contributed by atoms with van der Waals surface area (Å²) in [6.07, 6.45) is 0. The molecule has 2 aliphatic rings. The third kappa shape index (κ3) is 5.08. The first-order valence-electron chi connectivity index (χ1n) is 21.1. The smallest absolute Gasteiger partial charge is 0.164 e. The highest BCUT2D eigenvalue weighted by Crippen LogP contribution is 2.64. The number of fused-ring (bicyclic) bond motifs is 13. The van der Waals surface area contributed by atoms with Gasteiger partial charge in [-0.15, -0.1) is 11.3 Å². The van der Waals surface area contributed by atoms with E-state index in [0.29, 0.717) is 17.5 Å². The second-order valence-electron chi connectivity index (χ2n) is 16.2. The SMILES string of the molecule is c1ccc(-c2nc(-c3ccc(-c4cccc5c4-c4ccccc4C54c5ccccc5-c5ccccc54)cc3)nc(-c3ccccc3-c3ccc4sc5ccccc5c4c3)n2)cc1. The van der Waals surface area contributed by atoms with Crippen molar-refractivity contribution in [1.29, 1.82) is 0 Å². The van der Waals surface area contributed by atoms with Gasteiger partial charge in [0.05, 0.1) is 5.41 Å². The van der Waals surface area contributed by atoms with E-state index in [-0.39, 0.29) is 5.41 Å². The largest absolute Gasteiger partial charge is 0.208 e. The van der Waals surface area contributed by atoms with Crippen molar-refractivity contribution >= 4 is 31.5 Å². The van der Waals surface area contributed by atoms with E-state index in [1.807, 2.05) is 29.5 Å². The maximum absolute atomic E-state index is 5.25. The summed E-state index contributed by atoms with van der Waals surface area (Å²) in [6, 6.07) is 76.7. The molecule has 3 nitrogen and oxygen atoms in total. The molecule has 11 aromatic rings. The lowest BCUT2D eigenvalue weighted by atomic mass is 9.70. The maximum atomic E-state index is 5.25. The van der Waals surface area contributed by atoms with Crippen molar-refractivity contribution in [2.45, 2.75) is 5.41 Å². The molecule has 0 aliphatic heterocycles. The second kappa shape index (κ2) is 13.6. The van der Waals surface area contributed by atoms with E-state index in [0.717, 1.165) is 33.4 Å². The van der Waals surface area contributed by atoms with E-state index in [1.54, 1.807) is 0 Å². The number of aromatic nitrogens is 3. The summed E-state index contributed by atoms with van der Waals surface area (Å²) in [6.45, 7) is 0. The van der Waals surface area contributed by atoms with Gasteiger partial charge in [-0.25, -0.2) is 15.0 Å². The Labute approximate surface area is 363 Å². The highest BCUT2D eigenvalue weighted by atomic mass is 32.1. The van der Waals surface area contributed by atoms with Crippen LogP contribution < -0.4 is 0 Å². The molecule has 0 N–H and O–H groups in total. The minimum Gasteiger partial charge on any atom is -0.208 e. The fraction of sp³-hybridized carbons (Fsp3) is 0.0172. The molecule has 62 heavy (non-hydrogen) atoms. The molecular weight excluding hydrogens is 771 g/mol. The molecule has 1 spiro atoms. The van der Waals surface area contributed by atoms with Gasteiger partial charge in [0.1, 0.15) is 0 Å². The molecule has 0 atom stereocenters. The van der Waals surface area contributed by atoms with Gasteiger partial charge in [0.2, 0.25) is 0 Å². The average Bonchev–Trinajstić information content (AvgIpc) is 3.98. The van der Waals surface area contributed by atoms with Crippen molar-refractivity contribution in [3.05, 3.63) is 235 Å². The van der Waals surface area contributed by atoms with Crippen LogP contribution in [0.2, 0.25) is 0 Å². The van der Waals surface area contributed by atoms with Crippen LogP contribution in [0.4, 0.5) is 0 Å². The molecule has 0 saturated heterocycles. The van der Waals surface area contributed by atoms with E-state index in [9.17, 15) is 0 Å². The highest BCUT2D eigenvalue weighted by molar-refractivity contribution is 7.25. The van der Waals surface area contributed by atoms with E-state index in [1.165, 1.54) is 70.2 Å². The first kappa shape index (κ1) is 35.0. The number of thiophene rings is 1. The van der Waals surface area contributed by atoms with Crippen LogP contribution in [-0.4, -0.2) is 15.0 Å². The van der Waals surface area contributed by atoms with Gasteiger partial charge in [0.15, 0.2) is 17.5 Å². The van der Waals surface area contributed by atoms with Crippen LogP contribution >= 0.6 is 11.3 Å². The van der Waals surface area contributed by atoms with Crippen molar-refractivity contribution in [2.24, 2.45) is 0 Å². The Morgan fingerprint density at radius 3 is 1.50 bits per heavy atom. The quantitative estimate of drug-likeness (QED) is 0.174. The van der Waals surface area contributed by atoms with E-state index in [2.05, 4.69) is 194 Å². The Hall–Kier alpha value is -7.79. The second-order valence-corrected chi connectivity index (χ2v) is 17.3. The molecule has 13 rings (SSSR count). The third-order valence-electron chi connectivity index (χ3n) is 13.0. The molecule has 4 heteroatoms. The van der Waals surface area contributed by atoms with Crippen LogP contribution in [-0.2, 0) is 5.41 Å². The Morgan fingerprint density at radius 1 is 0.290 bits per heavy atom. The molecule has 0 saturated carbocycles. The zero-order chi connectivity index (χ0) is 40.8.